The third-order valence-electron chi connectivity index (χ3n) is 13.8. The summed E-state index contributed by atoms with van der Waals surface area (Å²) in [6.07, 6.45) is 0. The van der Waals surface area contributed by atoms with Gasteiger partial charge in [0.15, 0.2) is 0 Å². The van der Waals surface area contributed by atoms with E-state index in [0.29, 0.717) is 0 Å². The van der Waals surface area contributed by atoms with E-state index in [0.717, 1.165) is 11.4 Å². The first-order chi connectivity index (χ1) is 29.3. The summed E-state index contributed by atoms with van der Waals surface area (Å²) in [6.45, 7) is 9.49. The average Bonchev–Trinajstić information content (AvgIpc) is 3.83. The van der Waals surface area contributed by atoms with Crippen molar-refractivity contribution in [2.24, 2.45) is 0 Å². The molecule has 0 radical (unpaired) electrons. The number of nitrogens with zero attached hydrogens (tertiary/aromatic N) is 2. The van der Waals surface area contributed by atoms with Crippen LogP contribution < -0.4 is 4.90 Å². The Morgan fingerprint density at radius 2 is 0.967 bits per heavy atom. The molecular weight excluding hydrogens is 725 g/mol. The fourth-order valence-electron chi connectivity index (χ4n) is 10.9. The second-order valence-electron chi connectivity index (χ2n) is 17.7. The lowest BCUT2D eigenvalue weighted by molar-refractivity contribution is 0.660. The van der Waals surface area contributed by atoms with Crippen molar-refractivity contribution in [2.45, 2.75) is 38.5 Å². The molecule has 0 saturated carbocycles. The molecule has 1 heterocycles. The number of para-hydroxylation sites is 2. The zero-order valence-corrected chi connectivity index (χ0v) is 34.4. The molecule has 0 saturated heterocycles. The smallest absolute Gasteiger partial charge is 0.0543 e. The largest absolute Gasteiger partial charge is 0.310 e. The Morgan fingerprint density at radius 3 is 1.75 bits per heavy atom. The maximum absolute atomic E-state index is 2.52. The summed E-state index contributed by atoms with van der Waals surface area (Å²) in [6, 6.07) is 72.3. The highest BCUT2D eigenvalue weighted by Crippen LogP contribution is 2.56. The maximum Gasteiger partial charge on any atom is 0.0543 e. The molecule has 0 aliphatic heterocycles. The molecule has 12 rings (SSSR count). The molecule has 2 nitrogen and oxygen atoms in total. The van der Waals surface area contributed by atoms with Gasteiger partial charge in [0.1, 0.15) is 0 Å². The minimum absolute atomic E-state index is 0.113. The molecule has 0 N–H and O–H groups in total. The number of anilines is 3. The molecule has 0 unspecified atom stereocenters. The van der Waals surface area contributed by atoms with Crippen LogP contribution >= 0.6 is 0 Å². The van der Waals surface area contributed by atoms with Gasteiger partial charge in [0.05, 0.1) is 16.7 Å². The molecule has 0 atom stereocenters. The number of hydrogen-bond donors (Lipinski definition) is 0. The Morgan fingerprint density at radius 1 is 0.383 bits per heavy atom. The highest BCUT2D eigenvalue weighted by atomic mass is 15.1. The van der Waals surface area contributed by atoms with Crippen molar-refractivity contribution in [3.8, 4) is 39.1 Å². The molecule has 0 fully saturated rings. The minimum Gasteiger partial charge on any atom is -0.310 e. The number of benzene rings is 9. The molecule has 2 heteroatoms. The normalized spacial score (nSPS) is 14.3. The fourth-order valence-corrected chi connectivity index (χ4v) is 10.9. The molecule has 0 amide bonds. The molecule has 10 aromatic rings. The van der Waals surface area contributed by atoms with Crippen molar-refractivity contribution >= 4 is 49.6 Å². The van der Waals surface area contributed by atoms with E-state index in [1.165, 1.54) is 99.6 Å². The standard InChI is InChI=1S/C58H44N2/c1-57(2)50-25-10-6-22-48(50)56-51(57)26-15-29-55(56)59(41-31-33-45-44-19-5-9-24-49(44)58(3,4)52(45)36-41)39-18-13-16-37(34-39)42-23-14-17-38-35-40(30-32-43(38)42)60-53-27-11-7-20-46(53)47-21-8-12-28-54(47)60/h5-36H,1-4H3. The van der Waals surface area contributed by atoms with Gasteiger partial charge >= 0.3 is 0 Å². The van der Waals surface area contributed by atoms with Crippen LogP contribution in [0.4, 0.5) is 17.1 Å². The quantitative estimate of drug-likeness (QED) is 0.169. The summed E-state index contributed by atoms with van der Waals surface area (Å²) in [5, 5.41) is 5.00. The van der Waals surface area contributed by atoms with Gasteiger partial charge in [-0.1, -0.05) is 167 Å². The third-order valence-corrected chi connectivity index (χ3v) is 13.8. The first kappa shape index (κ1) is 34.8. The van der Waals surface area contributed by atoms with Crippen molar-refractivity contribution in [3.05, 3.63) is 216 Å². The van der Waals surface area contributed by atoms with Crippen molar-refractivity contribution < 1.29 is 0 Å². The number of hydrogen-bond acceptors (Lipinski definition) is 1. The third kappa shape index (κ3) is 4.88. The zero-order chi connectivity index (χ0) is 40.3. The predicted octanol–water partition coefficient (Wildman–Crippen LogP) is 15.7. The van der Waals surface area contributed by atoms with Gasteiger partial charge in [-0.2, -0.15) is 0 Å². The first-order valence-electron chi connectivity index (χ1n) is 21.2. The van der Waals surface area contributed by atoms with Crippen molar-refractivity contribution in [1.82, 2.24) is 4.57 Å². The van der Waals surface area contributed by atoms with Crippen LogP contribution in [-0.4, -0.2) is 4.57 Å². The number of fused-ring (bicyclic) bond motifs is 10. The Labute approximate surface area is 351 Å². The second kappa shape index (κ2) is 12.7. The van der Waals surface area contributed by atoms with Crippen molar-refractivity contribution in [2.75, 3.05) is 4.90 Å². The number of aromatic nitrogens is 1. The summed E-state index contributed by atoms with van der Waals surface area (Å²) in [4.78, 5) is 2.52. The zero-order valence-electron chi connectivity index (χ0n) is 34.4. The van der Waals surface area contributed by atoms with Crippen LogP contribution in [0.2, 0.25) is 0 Å². The topological polar surface area (TPSA) is 8.17 Å². The van der Waals surface area contributed by atoms with E-state index in [-0.39, 0.29) is 10.8 Å². The lowest BCUT2D eigenvalue weighted by Crippen LogP contribution is -2.17. The van der Waals surface area contributed by atoms with Crippen LogP contribution in [0.25, 0.3) is 71.6 Å². The van der Waals surface area contributed by atoms with Crippen LogP contribution in [0, 0.1) is 0 Å². The van der Waals surface area contributed by atoms with Gasteiger partial charge < -0.3 is 9.47 Å². The second-order valence-corrected chi connectivity index (χ2v) is 17.7. The summed E-state index contributed by atoms with van der Waals surface area (Å²) in [5.41, 5.74) is 20.1. The van der Waals surface area contributed by atoms with E-state index in [9.17, 15) is 0 Å². The molecule has 0 spiro atoms. The highest BCUT2D eigenvalue weighted by Gasteiger charge is 2.39. The monoisotopic (exact) mass is 768 g/mol. The molecule has 2 aliphatic rings. The van der Waals surface area contributed by atoms with Crippen LogP contribution in [0.3, 0.4) is 0 Å². The summed E-state index contributed by atoms with van der Waals surface area (Å²) in [7, 11) is 0. The van der Waals surface area contributed by atoms with Crippen LogP contribution in [0.1, 0.15) is 49.9 Å². The molecule has 9 aromatic carbocycles. The Balaban J connectivity index is 1.04. The molecule has 2 aliphatic carbocycles. The fraction of sp³-hybridized carbons (Fsp3) is 0.103. The summed E-state index contributed by atoms with van der Waals surface area (Å²) < 4.78 is 2.41. The summed E-state index contributed by atoms with van der Waals surface area (Å²) in [5.74, 6) is 0. The average molecular weight is 769 g/mol. The van der Waals surface area contributed by atoms with Crippen LogP contribution in [0.15, 0.2) is 194 Å². The van der Waals surface area contributed by atoms with E-state index in [1.807, 2.05) is 0 Å². The lowest BCUT2D eigenvalue weighted by Gasteiger charge is -2.30. The predicted molar refractivity (Wildman–Crippen MR) is 254 cm³/mol. The van der Waals surface area contributed by atoms with Gasteiger partial charge in [-0.25, -0.2) is 0 Å². The Bertz CT molecular complexity index is 3340. The molecule has 1 aromatic heterocycles. The van der Waals surface area contributed by atoms with Gasteiger partial charge in [0, 0.05) is 44.2 Å². The van der Waals surface area contributed by atoms with E-state index >= 15 is 0 Å². The van der Waals surface area contributed by atoms with E-state index in [2.05, 4.69) is 231 Å². The van der Waals surface area contributed by atoms with Crippen LogP contribution in [-0.2, 0) is 10.8 Å². The molecule has 60 heavy (non-hydrogen) atoms. The minimum atomic E-state index is -0.121. The van der Waals surface area contributed by atoms with E-state index in [1.54, 1.807) is 0 Å². The molecule has 0 bridgehead atoms. The van der Waals surface area contributed by atoms with E-state index < -0.39 is 0 Å². The lowest BCUT2D eigenvalue weighted by atomic mass is 9.82. The maximum atomic E-state index is 2.52. The van der Waals surface area contributed by atoms with Crippen LogP contribution in [0.5, 0.6) is 0 Å². The highest BCUT2D eigenvalue weighted by molar-refractivity contribution is 6.10. The SMILES string of the molecule is CC1(C)c2ccccc2-c2ccc(N(c3cccc(-c4cccc5cc(-n6c7ccccc7c7ccccc76)ccc45)c3)c3cccc4c3-c3ccccc3C4(C)C)cc21. The number of rotatable bonds is 5. The van der Waals surface area contributed by atoms with Gasteiger partial charge in [0.25, 0.3) is 0 Å². The Kier molecular flexibility index (Phi) is 7.36. The van der Waals surface area contributed by atoms with Gasteiger partial charge in [-0.15, -0.1) is 0 Å². The molecule has 286 valence electrons. The van der Waals surface area contributed by atoms with Gasteiger partial charge in [-0.05, 0) is 115 Å². The van der Waals surface area contributed by atoms with Gasteiger partial charge in [0.2, 0.25) is 0 Å². The van der Waals surface area contributed by atoms with Crippen molar-refractivity contribution in [3.63, 3.8) is 0 Å². The van der Waals surface area contributed by atoms with Crippen molar-refractivity contribution in [1.29, 1.82) is 0 Å². The summed E-state index contributed by atoms with van der Waals surface area (Å²) >= 11 is 0. The first-order valence-corrected chi connectivity index (χ1v) is 21.2. The molecular formula is C58H44N2. The van der Waals surface area contributed by atoms with E-state index in [4.69, 9.17) is 0 Å². The van der Waals surface area contributed by atoms with Gasteiger partial charge in [-0.3, -0.25) is 0 Å². The Hall–Kier alpha value is -7.16.